The summed E-state index contributed by atoms with van der Waals surface area (Å²) in [6.45, 7) is 6.82. The van der Waals surface area contributed by atoms with Crippen LogP contribution in [0, 0.1) is 5.92 Å². The zero-order valence-corrected chi connectivity index (χ0v) is 11.7. The lowest BCUT2D eigenvalue weighted by Gasteiger charge is -2.23. The lowest BCUT2D eigenvalue weighted by Crippen LogP contribution is -2.34. The molecule has 1 aliphatic heterocycles. The van der Waals surface area contributed by atoms with Crippen LogP contribution in [0.1, 0.15) is 32.5 Å². The Morgan fingerprint density at radius 3 is 2.72 bits per heavy atom. The van der Waals surface area contributed by atoms with Crippen LogP contribution in [0.5, 0.6) is 0 Å². The standard InChI is InChI=1S/C14H19ClN2O/c1-4-17-13(10-6-5-7-11(15)8-10)16-12(9(2)3)14(17)18/h5-9,12-13,16H,4H2,1-3H3. The molecule has 0 saturated carbocycles. The third-order valence-electron chi connectivity index (χ3n) is 3.37. The van der Waals surface area contributed by atoms with Crippen LogP contribution in [0.3, 0.4) is 0 Å². The summed E-state index contributed by atoms with van der Waals surface area (Å²) in [6, 6.07) is 7.58. The predicted molar refractivity (Wildman–Crippen MR) is 73.3 cm³/mol. The van der Waals surface area contributed by atoms with Gasteiger partial charge in [0, 0.05) is 11.6 Å². The normalized spacial score (nSPS) is 24.1. The molecule has 2 rings (SSSR count). The lowest BCUT2D eigenvalue weighted by atomic mass is 10.1. The number of rotatable bonds is 3. The van der Waals surface area contributed by atoms with Gasteiger partial charge < -0.3 is 4.90 Å². The summed E-state index contributed by atoms with van der Waals surface area (Å²) in [5.41, 5.74) is 1.04. The van der Waals surface area contributed by atoms with Crippen molar-refractivity contribution in [2.75, 3.05) is 6.54 Å². The van der Waals surface area contributed by atoms with Gasteiger partial charge in [0.2, 0.25) is 5.91 Å². The van der Waals surface area contributed by atoms with Gasteiger partial charge in [0.15, 0.2) is 0 Å². The molecule has 1 heterocycles. The average molecular weight is 267 g/mol. The molecule has 0 radical (unpaired) electrons. The minimum absolute atomic E-state index is 0.0615. The Balaban J connectivity index is 2.30. The second-order valence-electron chi connectivity index (χ2n) is 4.97. The van der Waals surface area contributed by atoms with Crippen molar-refractivity contribution in [2.24, 2.45) is 5.92 Å². The zero-order chi connectivity index (χ0) is 13.3. The van der Waals surface area contributed by atoms with E-state index in [9.17, 15) is 4.79 Å². The highest BCUT2D eigenvalue weighted by atomic mass is 35.5. The topological polar surface area (TPSA) is 32.3 Å². The predicted octanol–water partition coefficient (Wildman–Crippen LogP) is 2.81. The molecular formula is C14H19ClN2O. The maximum absolute atomic E-state index is 12.3. The van der Waals surface area contributed by atoms with E-state index >= 15 is 0 Å². The summed E-state index contributed by atoms with van der Waals surface area (Å²) in [4.78, 5) is 14.1. The van der Waals surface area contributed by atoms with Crippen molar-refractivity contribution in [3.05, 3.63) is 34.9 Å². The van der Waals surface area contributed by atoms with Gasteiger partial charge in [0.05, 0.1) is 6.04 Å². The Bertz CT molecular complexity index is 447. The van der Waals surface area contributed by atoms with Crippen molar-refractivity contribution < 1.29 is 4.79 Å². The summed E-state index contributed by atoms with van der Waals surface area (Å²) < 4.78 is 0. The molecule has 0 spiro atoms. The molecule has 4 heteroatoms. The van der Waals surface area contributed by atoms with Gasteiger partial charge in [-0.3, -0.25) is 10.1 Å². The Morgan fingerprint density at radius 1 is 1.44 bits per heavy atom. The monoisotopic (exact) mass is 266 g/mol. The molecule has 98 valence electrons. The summed E-state index contributed by atoms with van der Waals surface area (Å²) >= 11 is 6.02. The largest absolute Gasteiger partial charge is 0.322 e. The first-order chi connectivity index (χ1) is 8.54. The molecule has 0 aromatic heterocycles. The first-order valence-electron chi connectivity index (χ1n) is 6.36. The number of amides is 1. The highest BCUT2D eigenvalue weighted by Gasteiger charge is 2.39. The van der Waals surface area contributed by atoms with E-state index < -0.39 is 0 Å². The number of halogens is 1. The van der Waals surface area contributed by atoms with E-state index in [0.29, 0.717) is 11.6 Å². The van der Waals surface area contributed by atoms with Crippen molar-refractivity contribution >= 4 is 17.5 Å². The van der Waals surface area contributed by atoms with Gasteiger partial charge >= 0.3 is 0 Å². The molecule has 2 unspecified atom stereocenters. The fourth-order valence-electron chi connectivity index (χ4n) is 2.41. The van der Waals surface area contributed by atoms with Crippen LogP contribution in [-0.2, 0) is 4.79 Å². The second kappa shape index (κ2) is 5.29. The maximum Gasteiger partial charge on any atom is 0.241 e. The molecule has 1 saturated heterocycles. The van der Waals surface area contributed by atoms with Gasteiger partial charge in [-0.1, -0.05) is 37.6 Å². The van der Waals surface area contributed by atoms with Crippen molar-refractivity contribution in [2.45, 2.75) is 33.0 Å². The molecule has 0 aliphatic carbocycles. The van der Waals surface area contributed by atoms with Crippen LogP contribution in [-0.4, -0.2) is 23.4 Å². The summed E-state index contributed by atoms with van der Waals surface area (Å²) in [5.74, 6) is 0.466. The van der Waals surface area contributed by atoms with Gasteiger partial charge in [-0.15, -0.1) is 0 Å². The van der Waals surface area contributed by atoms with E-state index in [2.05, 4.69) is 19.2 Å². The third-order valence-corrected chi connectivity index (χ3v) is 3.61. The molecule has 18 heavy (non-hydrogen) atoms. The molecule has 1 amide bonds. The van der Waals surface area contributed by atoms with E-state index in [1.165, 1.54) is 0 Å². The summed E-state index contributed by atoms with van der Waals surface area (Å²) in [7, 11) is 0. The SMILES string of the molecule is CCN1C(=O)C(C(C)C)NC1c1cccc(Cl)c1. The van der Waals surface area contributed by atoms with E-state index in [1.54, 1.807) is 0 Å². The van der Waals surface area contributed by atoms with Gasteiger partial charge in [-0.05, 0) is 30.5 Å². The Labute approximate surface area is 113 Å². The minimum atomic E-state index is -0.103. The summed E-state index contributed by atoms with van der Waals surface area (Å²) in [6.07, 6.45) is -0.0615. The molecule has 1 N–H and O–H groups in total. The van der Waals surface area contributed by atoms with Crippen molar-refractivity contribution in [3.8, 4) is 0 Å². The Morgan fingerprint density at radius 2 is 2.17 bits per heavy atom. The lowest BCUT2D eigenvalue weighted by molar-refractivity contribution is -0.130. The number of carbonyl (C=O) groups is 1. The molecule has 0 bridgehead atoms. The van der Waals surface area contributed by atoms with E-state index in [-0.39, 0.29) is 24.0 Å². The van der Waals surface area contributed by atoms with Crippen LogP contribution < -0.4 is 5.32 Å². The molecule has 2 atom stereocenters. The molecule has 1 aromatic carbocycles. The second-order valence-corrected chi connectivity index (χ2v) is 5.41. The first kappa shape index (κ1) is 13.4. The third kappa shape index (κ3) is 2.38. The number of hydrogen-bond donors (Lipinski definition) is 1. The van der Waals surface area contributed by atoms with Crippen molar-refractivity contribution in [1.29, 1.82) is 0 Å². The van der Waals surface area contributed by atoms with E-state index in [1.807, 2.05) is 36.1 Å². The van der Waals surface area contributed by atoms with Crippen molar-refractivity contribution in [3.63, 3.8) is 0 Å². The zero-order valence-electron chi connectivity index (χ0n) is 11.0. The van der Waals surface area contributed by atoms with Gasteiger partial charge in [-0.25, -0.2) is 0 Å². The van der Waals surface area contributed by atoms with Gasteiger partial charge in [-0.2, -0.15) is 0 Å². The van der Waals surface area contributed by atoms with Crippen LogP contribution >= 0.6 is 11.6 Å². The van der Waals surface area contributed by atoms with Crippen molar-refractivity contribution in [1.82, 2.24) is 10.2 Å². The van der Waals surface area contributed by atoms with Crippen LogP contribution in [0.4, 0.5) is 0 Å². The van der Waals surface area contributed by atoms with E-state index in [4.69, 9.17) is 11.6 Å². The highest BCUT2D eigenvalue weighted by molar-refractivity contribution is 6.30. The molecule has 1 aromatic rings. The average Bonchev–Trinajstić information content (AvgIpc) is 2.66. The quantitative estimate of drug-likeness (QED) is 0.912. The molecule has 1 aliphatic rings. The summed E-state index contributed by atoms with van der Waals surface area (Å²) in [5, 5.41) is 4.10. The molecular weight excluding hydrogens is 248 g/mol. The first-order valence-corrected chi connectivity index (χ1v) is 6.74. The molecule has 3 nitrogen and oxygen atoms in total. The minimum Gasteiger partial charge on any atom is -0.322 e. The van der Waals surface area contributed by atoms with Crippen LogP contribution in [0.15, 0.2) is 24.3 Å². The Kier molecular flexibility index (Phi) is 3.93. The van der Waals surface area contributed by atoms with Gasteiger partial charge in [0.25, 0.3) is 0 Å². The van der Waals surface area contributed by atoms with E-state index in [0.717, 1.165) is 5.56 Å². The highest BCUT2D eigenvalue weighted by Crippen LogP contribution is 2.28. The number of hydrogen-bond acceptors (Lipinski definition) is 2. The number of carbonyl (C=O) groups excluding carboxylic acids is 1. The molecule has 1 fully saturated rings. The fourth-order valence-corrected chi connectivity index (χ4v) is 2.60. The van der Waals surface area contributed by atoms with Gasteiger partial charge in [0.1, 0.15) is 6.17 Å². The smallest absolute Gasteiger partial charge is 0.241 e. The number of likely N-dealkylation sites (N-methyl/N-ethyl adjacent to an activating group) is 1. The maximum atomic E-state index is 12.3. The van der Waals surface area contributed by atoms with Crippen LogP contribution in [0.2, 0.25) is 5.02 Å². The number of benzene rings is 1. The van der Waals surface area contributed by atoms with Crippen LogP contribution in [0.25, 0.3) is 0 Å². The fraction of sp³-hybridized carbons (Fsp3) is 0.500. The Hall–Kier alpha value is -1.06. The number of nitrogens with zero attached hydrogens (tertiary/aromatic N) is 1. The number of nitrogens with one attached hydrogen (secondary N) is 1.